The van der Waals surface area contributed by atoms with Crippen LogP contribution >= 0.6 is 11.6 Å². The normalized spacial score (nSPS) is 13.0. The van der Waals surface area contributed by atoms with E-state index < -0.39 is 0 Å². The predicted octanol–water partition coefficient (Wildman–Crippen LogP) is 3.73. The third kappa shape index (κ3) is 2.91. The van der Waals surface area contributed by atoms with Crippen LogP contribution in [0.2, 0.25) is 5.15 Å². The van der Waals surface area contributed by atoms with E-state index in [2.05, 4.69) is 57.8 Å². The summed E-state index contributed by atoms with van der Waals surface area (Å²) >= 11 is 6.06. The summed E-state index contributed by atoms with van der Waals surface area (Å²) < 4.78 is 0. The van der Waals surface area contributed by atoms with Gasteiger partial charge in [-0.3, -0.25) is 0 Å². The van der Waals surface area contributed by atoms with Gasteiger partial charge in [-0.25, -0.2) is 0 Å². The molecular formula is C12H19ClN2. The summed E-state index contributed by atoms with van der Waals surface area (Å²) in [6, 6.07) is 2.06. The highest BCUT2D eigenvalue weighted by atomic mass is 35.5. The molecule has 0 spiro atoms. The number of hydrogen-bond donors (Lipinski definition) is 0. The van der Waals surface area contributed by atoms with Gasteiger partial charge in [0.25, 0.3) is 0 Å². The lowest BCUT2D eigenvalue weighted by Crippen LogP contribution is -2.19. The molecule has 0 radical (unpaired) electrons. The zero-order chi connectivity index (χ0) is 11.9. The third-order valence-corrected chi connectivity index (χ3v) is 2.60. The molecule has 0 aromatic carbocycles. The van der Waals surface area contributed by atoms with Gasteiger partial charge in [0.2, 0.25) is 0 Å². The van der Waals surface area contributed by atoms with Crippen molar-refractivity contribution in [3.8, 4) is 0 Å². The topological polar surface area (TPSA) is 25.8 Å². The van der Waals surface area contributed by atoms with Crippen molar-refractivity contribution in [3.05, 3.63) is 22.5 Å². The molecule has 0 amide bonds. The monoisotopic (exact) mass is 226 g/mol. The van der Waals surface area contributed by atoms with E-state index in [9.17, 15) is 0 Å². The first-order valence-electron chi connectivity index (χ1n) is 5.16. The van der Waals surface area contributed by atoms with Crippen LogP contribution in [0.4, 0.5) is 0 Å². The quantitative estimate of drug-likeness (QED) is 0.674. The van der Waals surface area contributed by atoms with E-state index in [1.165, 1.54) is 0 Å². The van der Waals surface area contributed by atoms with E-state index in [0.717, 1.165) is 11.3 Å². The van der Waals surface area contributed by atoms with Gasteiger partial charge in [0.15, 0.2) is 5.15 Å². The fraction of sp³-hybridized carbons (Fsp3) is 0.667. The standard InChI is InChI=1S/C12H19ClN2/c1-11(2,3)8-7-9(12(4,5)6)14-15-10(8)13/h7H,1-6H3. The molecule has 1 aromatic rings. The molecule has 2 nitrogen and oxygen atoms in total. The largest absolute Gasteiger partial charge is 0.155 e. The van der Waals surface area contributed by atoms with Crippen molar-refractivity contribution in [2.45, 2.75) is 52.4 Å². The van der Waals surface area contributed by atoms with Gasteiger partial charge in [-0.1, -0.05) is 53.1 Å². The van der Waals surface area contributed by atoms with Crippen molar-refractivity contribution < 1.29 is 0 Å². The van der Waals surface area contributed by atoms with Crippen LogP contribution < -0.4 is 0 Å². The minimum absolute atomic E-state index is 0.00697. The predicted molar refractivity (Wildman–Crippen MR) is 64.4 cm³/mol. The van der Waals surface area contributed by atoms with Gasteiger partial charge in [0, 0.05) is 5.41 Å². The first kappa shape index (κ1) is 12.4. The molecule has 0 N–H and O–H groups in total. The molecule has 1 heterocycles. The van der Waals surface area contributed by atoms with Gasteiger partial charge in [-0.15, -0.1) is 5.10 Å². The van der Waals surface area contributed by atoms with E-state index >= 15 is 0 Å². The lowest BCUT2D eigenvalue weighted by atomic mass is 9.84. The highest BCUT2D eigenvalue weighted by molar-refractivity contribution is 6.30. The van der Waals surface area contributed by atoms with Crippen LogP contribution in [-0.2, 0) is 10.8 Å². The van der Waals surface area contributed by atoms with Crippen molar-refractivity contribution in [3.63, 3.8) is 0 Å². The molecule has 0 saturated carbocycles. The second-order valence-corrected chi connectivity index (χ2v) is 6.29. The lowest BCUT2D eigenvalue weighted by molar-refractivity contribution is 0.540. The van der Waals surface area contributed by atoms with Crippen LogP contribution in [0, 0.1) is 0 Å². The minimum atomic E-state index is 0.00697. The number of nitrogens with zero attached hydrogens (tertiary/aromatic N) is 2. The fourth-order valence-corrected chi connectivity index (χ4v) is 1.65. The smallest absolute Gasteiger partial charge is 0.154 e. The lowest BCUT2D eigenvalue weighted by Gasteiger charge is -2.23. The number of hydrogen-bond acceptors (Lipinski definition) is 2. The van der Waals surface area contributed by atoms with Gasteiger partial charge in [0.05, 0.1) is 5.69 Å². The van der Waals surface area contributed by atoms with Crippen LogP contribution in [0.1, 0.15) is 52.8 Å². The van der Waals surface area contributed by atoms with Gasteiger partial charge in [0.1, 0.15) is 0 Å². The average Bonchev–Trinajstić information content (AvgIpc) is 2.00. The summed E-state index contributed by atoms with van der Waals surface area (Å²) in [6.45, 7) is 12.7. The first-order valence-corrected chi connectivity index (χ1v) is 5.54. The Balaban J connectivity index is 3.30. The maximum atomic E-state index is 6.06. The Morgan fingerprint density at radius 3 is 1.87 bits per heavy atom. The van der Waals surface area contributed by atoms with Crippen molar-refractivity contribution in [2.24, 2.45) is 0 Å². The summed E-state index contributed by atoms with van der Waals surface area (Å²) in [4.78, 5) is 0. The molecule has 0 aliphatic carbocycles. The Bertz CT molecular complexity index is 359. The zero-order valence-electron chi connectivity index (χ0n) is 10.3. The molecule has 1 aromatic heterocycles. The van der Waals surface area contributed by atoms with Crippen LogP contribution in [0.5, 0.6) is 0 Å². The molecule has 0 unspecified atom stereocenters. The Kier molecular flexibility index (Phi) is 3.11. The summed E-state index contributed by atoms with van der Waals surface area (Å²) in [5.74, 6) is 0. The minimum Gasteiger partial charge on any atom is -0.154 e. The van der Waals surface area contributed by atoms with E-state index in [4.69, 9.17) is 11.6 Å². The number of halogens is 1. The first-order chi connectivity index (χ1) is 6.62. The molecule has 0 bridgehead atoms. The molecule has 0 aliphatic rings. The zero-order valence-corrected chi connectivity index (χ0v) is 11.1. The Hall–Kier alpha value is -0.630. The van der Waals surface area contributed by atoms with Gasteiger partial charge in [-0.2, -0.15) is 5.10 Å². The molecule has 0 fully saturated rings. The Labute approximate surface area is 97.1 Å². The maximum Gasteiger partial charge on any atom is 0.155 e. The number of rotatable bonds is 0. The van der Waals surface area contributed by atoms with Crippen molar-refractivity contribution >= 4 is 11.6 Å². The van der Waals surface area contributed by atoms with Crippen molar-refractivity contribution in [1.29, 1.82) is 0 Å². The van der Waals surface area contributed by atoms with E-state index in [-0.39, 0.29) is 10.8 Å². The third-order valence-electron chi connectivity index (χ3n) is 2.33. The summed E-state index contributed by atoms with van der Waals surface area (Å²) in [7, 11) is 0. The van der Waals surface area contributed by atoms with Gasteiger partial charge >= 0.3 is 0 Å². The number of aromatic nitrogens is 2. The second-order valence-electron chi connectivity index (χ2n) is 5.93. The van der Waals surface area contributed by atoms with E-state index in [0.29, 0.717) is 5.15 Å². The fourth-order valence-electron chi connectivity index (χ4n) is 1.27. The van der Waals surface area contributed by atoms with Crippen LogP contribution in [0.15, 0.2) is 6.07 Å². The highest BCUT2D eigenvalue weighted by Gasteiger charge is 2.23. The molecule has 0 aliphatic heterocycles. The summed E-state index contributed by atoms with van der Waals surface area (Å²) in [5, 5.41) is 8.68. The van der Waals surface area contributed by atoms with Gasteiger partial charge in [-0.05, 0) is 17.0 Å². The molecule has 0 saturated heterocycles. The molecule has 1 rings (SSSR count). The van der Waals surface area contributed by atoms with Crippen molar-refractivity contribution in [1.82, 2.24) is 10.2 Å². The SMILES string of the molecule is CC(C)(C)c1cc(C(C)(C)C)c(Cl)nn1. The van der Waals surface area contributed by atoms with E-state index in [1.807, 2.05) is 0 Å². The second kappa shape index (κ2) is 3.75. The maximum absolute atomic E-state index is 6.06. The van der Waals surface area contributed by atoms with Crippen LogP contribution in [-0.4, -0.2) is 10.2 Å². The molecular weight excluding hydrogens is 208 g/mol. The molecule has 84 valence electrons. The molecule has 0 atom stereocenters. The van der Waals surface area contributed by atoms with Crippen molar-refractivity contribution in [2.75, 3.05) is 0 Å². The summed E-state index contributed by atoms with van der Waals surface area (Å²) in [5.41, 5.74) is 2.06. The van der Waals surface area contributed by atoms with Crippen LogP contribution in [0.3, 0.4) is 0 Å². The van der Waals surface area contributed by atoms with Gasteiger partial charge < -0.3 is 0 Å². The Morgan fingerprint density at radius 1 is 0.933 bits per heavy atom. The Morgan fingerprint density at radius 2 is 1.47 bits per heavy atom. The average molecular weight is 227 g/mol. The molecule has 15 heavy (non-hydrogen) atoms. The van der Waals surface area contributed by atoms with Crippen LogP contribution in [0.25, 0.3) is 0 Å². The van der Waals surface area contributed by atoms with E-state index in [1.54, 1.807) is 0 Å². The molecule has 3 heteroatoms. The summed E-state index contributed by atoms with van der Waals surface area (Å²) in [6.07, 6.45) is 0. The highest BCUT2D eigenvalue weighted by Crippen LogP contribution is 2.30.